The van der Waals surface area contributed by atoms with Crippen LogP contribution in [0.5, 0.6) is 5.75 Å². The van der Waals surface area contributed by atoms with Gasteiger partial charge in [0, 0.05) is 23.1 Å². The molecule has 3 rings (SSSR count). The third-order valence-electron chi connectivity index (χ3n) is 3.56. The van der Waals surface area contributed by atoms with Gasteiger partial charge in [0.15, 0.2) is 0 Å². The summed E-state index contributed by atoms with van der Waals surface area (Å²) >= 11 is 3.43. The molecule has 3 aromatic carbocycles. The van der Waals surface area contributed by atoms with Gasteiger partial charge in [-0.25, -0.2) is 0 Å². The lowest BCUT2D eigenvalue weighted by atomic mass is 10.0. The van der Waals surface area contributed by atoms with E-state index in [0.717, 1.165) is 27.4 Å². The van der Waals surface area contributed by atoms with Crippen molar-refractivity contribution in [3.63, 3.8) is 0 Å². The number of phenols is 1. The fourth-order valence-electron chi connectivity index (χ4n) is 2.44. The summed E-state index contributed by atoms with van der Waals surface area (Å²) in [7, 11) is 0. The lowest BCUT2D eigenvalue weighted by Crippen LogP contribution is -2.13. The minimum Gasteiger partial charge on any atom is -0.508 e. The summed E-state index contributed by atoms with van der Waals surface area (Å²) in [5.41, 5.74) is 2.17. The Balaban J connectivity index is 1.76. The minimum absolute atomic E-state index is 0.344. The molecule has 0 aliphatic carbocycles. The topological polar surface area (TPSA) is 32.3 Å². The van der Waals surface area contributed by atoms with Crippen molar-refractivity contribution < 1.29 is 5.11 Å². The van der Waals surface area contributed by atoms with Gasteiger partial charge in [0.2, 0.25) is 0 Å². The maximum absolute atomic E-state index is 10.1. The van der Waals surface area contributed by atoms with Crippen molar-refractivity contribution in [1.82, 2.24) is 5.32 Å². The van der Waals surface area contributed by atoms with Gasteiger partial charge in [0.05, 0.1) is 0 Å². The van der Waals surface area contributed by atoms with E-state index in [9.17, 15) is 5.11 Å². The Labute approximate surface area is 132 Å². The molecule has 106 valence electrons. The van der Waals surface area contributed by atoms with Crippen LogP contribution in [0, 0.1) is 0 Å². The molecular weight excluding hydrogens is 326 g/mol. The Kier molecular flexibility index (Phi) is 4.23. The van der Waals surface area contributed by atoms with Crippen LogP contribution in [0.25, 0.3) is 10.8 Å². The molecule has 2 nitrogen and oxygen atoms in total. The molecule has 0 aliphatic rings. The fourth-order valence-corrected chi connectivity index (χ4v) is 2.71. The van der Waals surface area contributed by atoms with Crippen molar-refractivity contribution in [2.75, 3.05) is 0 Å². The largest absolute Gasteiger partial charge is 0.508 e. The number of rotatable bonds is 4. The average Bonchev–Trinajstić information content (AvgIpc) is 2.51. The molecule has 0 aromatic heterocycles. The summed E-state index contributed by atoms with van der Waals surface area (Å²) in [6.45, 7) is 1.42. The van der Waals surface area contributed by atoms with Crippen LogP contribution in [0.4, 0.5) is 0 Å². The molecule has 0 atom stereocenters. The third kappa shape index (κ3) is 3.26. The summed E-state index contributed by atoms with van der Waals surface area (Å²) in [4.78, 5) is 0. The van der Waals surface area contributed by atoms with Gasteiger partial charge in [0.1, 0.15) is 5.75 Å². The van der Waals surface area contributed by atoms with E-state index in [1.165, 1.54) is 5.56 Å². The van der Waals surface area contributed by atoms with E-state index in [2.05, 4.69) is 39.4 Å². The number of phenolic OH excluding ortho intramolecular Hbond substituents is 1. The van der Waals surface area contributed by atoms with Gasteiger partial charge in [-0.1, -0.05) is 58.4 Å². The molecule has 3 aromatic rings. The van der Waals surface area contributed by atoms with Gasteiger partial charge in [0.25, 0.3) is 0 Å². The van der Waals surface area contributed by atoms with Crippen molar-refractivity contribution in [2.24, 2.45) is 0 Å². The first-order valence-corrected chi connectivity index (χ1v) is 7.68. The Hall–Kier alpha value is -1.84. The average molecular weight is 342 g/mol. The summed E-state index contributed by atoms with van der Waals surface area (Å²) in [5.74, 6) is 0.344. The SMILES string of the molecule is Oc1ccc2ccccc2c1CNCc1ccc(Br)cc1. The summed E-state index contributed by atoms with van der Waals surface area (Å²) in [6.07, 6.45) is 0. The van der Waals surface area contributed by atoms with E-state index in [-0.39, 0.29) is 0 Å². The van der Waals surface area contributed by atoms with E-state index >= 15 is 0 Å². The summed E-state index contributed by atoms with van der Waals surface area (Å²) in [5, 5.41) is 15.7. The highest BCUT2D eigenvalue weighted by Crippen LogP contribution is 2.26. The number of hydrogen-bond acceptors (Lipinski definition) is 2. The van der Waals surface area contributed by atoms with Crippen LogP contribution >= 0.6 is 15.9 Å². The molecule has 0 aliphatic heterocycles. The van der Waals surface area contributed by atoms with Crippen LogP contribution in [0.15, 0.2) is 65.1 Å². The van der Waals surface area contributed by atoms with Gasteiger partial charge in [-0.15, -0.1) is 0 Å². The summed E-state index contributed by atoms with van der Waals surface area (Å²) < 4.78 is 1.08. The molecule has 0 amide bonds. The van der Waals surface area contributed by atoms with Crippen LogP contribution in [-0.4, -0.2) is 5.11 Å². The van der Waals surface area contributed by atoms with Gasteiger partial charge in [-0.2, -0.15) is 0 Å². The van der Waals surface area contributed by atoms with E-state index in [1.807, 2.05) is 36.4 Å². The molecule has 21 heavy (non-hydrogen) atoms. The fraction of sp³-hybridized carbons (Fsp3) is 0.111. The Morgan fingerprint density at radius 2 is 1.62 bits per heavy atom. The van der Waals surface area contributed by atoms with Crippen molar-refractivity contribution in [2.45, 2.75) is 13.1 Å². The molecule has 0 fully saturated rings. The molecule has 0 saturated heterocycles. The molecule has 0 saturated carbocycles. The molecule has 2 N–H and O–H groups in total. The Morgan fingerprint density at radius 3 is 2.43 bits per heavy atom. The standard InChI is InChI=1S/C18H16BrNO/c19-15-8-5-13(6-9-15)11-20-12-17-16-4-2-1-3-14(16)7-10-18(17)21/h1-10,20-21H,11-12H2. The zero-order valence-electron chi connectivity index (χ0n) is 11.5. The van der Waals surface area contributed by atoms with Gasteiger partial charge < -0.3 is 10.4 Å². The molecule has 3 heteroatoms. The number of halogens is 1. The predicted octanol–water partition coefficient (Wildman–Crippen LogP) is 4.60. The maximum atomic E-state index is 10.1. The van der Waals surface area contributed by atoms with Crippen molar-refractivity contribution in [3.05, 3.63) is 76.3 Å². The normalized spacial score (nSPS) is 10.9. The third-order valence-corrected chi connectivity index (χ3v) is 4.09. The number of aromatic hydroxyl groups is 1. The predicted molar refractivity (Wildman–Crippen MR) is 90.3 cm³/mol. The lowest BCUT2D eigenvalue weighted by molar-refractivity contribution is 0.466. The zero-order valence-corrected chi connectivity index (χ0v) is 13.1. The number of hydrogen-bond donors (Lipinski definition) is 2. The molecule has 0 spiro atoms. The van der Waals surface area contributed by atoms with Gasteiger partial charge in [-0.3, -0.25) is 0 Å². The molecule has 0 radical (unpaired) electrons. The van der Waals surface area contributed by atoms with E-state index in [4.69, 9.17) is 0 Å². The number of fused-ring (bicyclic) bond motifs is 1. The highest BCUT2D eigenvalue weighted by atomic mass is 79.9. The monoisotopic (exact) mass is 341 g/mol. The maximum Gasteiger partial charge on any atom is 0.120 e. The van der Waals surface area contributed by atoms with Crippen LogP contribution in [0.2, 0.25) is 0 Å². The lowest BCUT2D eigenvalue weighted by Gasteiger charge is -2.10. The van der Waals surface area contributed by atoms with Crippen molar-refractivity contribution >= 4 is 26.7 Å². The van der Waals surface area contributed by atoms with Crippen molar-refractivity contribution in [3.8, 4) is 5.75 Å². The number of nitrogens with one attached hydrogen (secondary N) is 1. The first kappa shape index (κ1) is 14.1. The van der Waals surface area contributed by atoms with Crippen LogP contribution in [0.3, 0.4) is 0 Å². The highest BCUT2D eigenvalue weighted by molar-refractivity contribution is 9.10. The highest BCUT2D eigenvalue weighted by Gasteiger charge is 2.06. The van der Waals surface area contributed by atoms with E-state index in [0.29, 0.717) is 12.3 Å². The second-order valence-corrected chi connectivity index (χ2v) is 5.93. The summed E-state index contributed by atoms with van der Waals surface area (Å²) in [6, 6.07) is 20.1. The van der Waals surface area contributed by atoms with Crippen LogP contribution < -0.4 is 5.32 Å². The van der Waals surface area contributed by atoms with Crippen LogP contribution in [0.1, 0.15) is 11.1 Å². The smallest absolute Gasteiger partial charge is 0.120 e. The quantitative estimate of drug-likeness (QED) is 0.726. The first-order chi connectivity index (χ1) is 10.2. The Morgan fingerprint density at radius 1 is 0.857 bits per heavy atom. The van der Waals surface area contributed by atoms with Crippen molar-refractivity contribution in [1.29, 1.82) is 0 Å². The minimum atomic E-state index is 0.344. The van der Waals surface area contributed by atoms with Gasteiger partial charge >= 0.3 is 0 Å². The second-order valence-electron chi connectivity index (χ2n) is 5.01. The first-order valence-electron chi connectivity index (χ1n) is 6.89. The molecule has 0 bridgehead atoms. The molecule has 0 unspecified atom stereocenters. The second kappa shape index (κ2) is 6.29. The Bertz CT molecular complexity index is 753. The van der Waals surface area contributed by atoms with Gasteiger partial charge in [-0.05, 0) is 34.5 Å². The number of benzene rings is 3. The molecule has 0 heterocycles. The molecular formula is C18H16BrNO. The van der Waals surface area contributed by atoms with E-state index < -0.39 is 0 Å². The zero-order chi connectivity index (χ0) is 14.7. The van der Waals surface area contributed by atoms with Crippen LogP contribution in [-0.2, 0) is 13.1 Å². The van der Waals surface area contributed by atoms with E-state index in [1.54, 1.807) is 6.07 Å².